The highest BCUT2D eigenvalue weighted by molar-refractivity contribution is 5.43. The molecular formula is C13H19F3N4O. The Bertz CT molecular complexity index is 487. The first-order valence-corrected chi connectivity index (χ1v) is 6.78. The molecule has 0 radical (unpaired) electrons. The van der Waals surface area contributed by atoms with Crippen LogP contribution in [-0.2, 0) is 10.9 Å². The van der Waals surface area contributed by atoms with Crippen molar-refractivity contribution in [3.8, 4) is 0 Å². The first-order valence-electron chi connectivity index (χ1n) is 6.78. The predicted molar refractivity (Wildman–Crippen MR) is 73.2 cm³/mol. The number of rotatable bonds is 4. The summed E-state index contributed by atoms with van der Waals surface area (Å²) in [4.78, 5) is 7.44. The predicted octanol–water partition coefficient (Wildman–Crippen LogP) is 2.77. The van der Waals surface area contributed by atoms with Crippen molar-refractivity contribution in [3.05, 3.63) is 11.8 Å². The van der Waals surface area contributed by atoms with Crippen molar-refractivity contribution in [3.63, 3.8) is 0 Å². The molecule has 0 aliphatic carbocycles. The van der Waals surface area contributed by atoms with Gasteiger partial charge in [-0.2, -0.15) is 18.2 Å². The second-order valence-electron chi connectivity index (χ2n) is 5.49. The van der Waals surface area contributed by atoms with Crippen LogP contribution in [0.5, 0.6) is 0 Å². The molecule has 0 aromatic carbocycles. The van der Waals surface area contributed by atoms with Crippen molar-refractivity contribution < 1.29 is 17.9 Å². The quantitative estimate of drug-likeness (QED) is 0.896. The van der Waals surface area contributed by atoms with E-state index in [9.17, 15) is 13.2 Å². The van der Waals surface area contributed by atoms with Crippen LogP contribution in [0.2, 0.25) is 0 Å². The molecule has 0 unspecified atom stereocenters. The average molecular weight is 304 g/mol. The van der Waals surface area contributed by atoms with Gasteiger partial charge in [-0.25, -0.2) is 4.98 Å². The number of alkyl halides is 3. The summed E-state index contributed by atoms with van der Waals surface area (Å²) in [5.41, 5.74) is -0.956. The van der Waals surface area contributed by atoms with E-state index in [-0.39, 0.29) is 17.2 Å². The first kappa shape index (κ1) is 15.8. The first-order chi connectivity index (χ1) is 9.82. The number of anilines is 2. The molecule has 0 spiro atoms. The van der Waals surface area contributed by atoms with Crippen molar-refractivity contribution in [2.24, 2.45) is 5.41 Å². The zero-order valence-corrected chi connectivity index (χ0v) is 12.0. The maximum atomic E-state index is 12.8. The molecule has 2 N–H and O–H groups in total. The van der Waals surface area contributed by atoms with E-state index in [1.807, 2.05) is 0 Å². The molecule has 8 heteroatoms. The SMILES string of the molecule is CNc1nc(NCC2(C)CCOCC2)cc(C(F)(F)F)n1. The molecule has 1 aliphatic rings. The number of nitrogens with one attached hydrogen (secondary N) is 2. The molecule has 1 aromatic heterocycles. The largest absolute Gasteiger partial charge is 0.433 e. The van der Waals surface area contributed by atoms with Gasteiger partial charge in [-0.3, -0.25) is 0 Å². The molecule has 1 fully saturated rings. The molecule has 0 bridgehead atoms. The Balaban J connectivity index is 2.12. The van der Waals surface area contributed by atoms with Crippen molar-refractivity contribution in [1.29, 1.82) is 0 Å². The fourth-order valence-corrected chi connectivity index (χ4v) is 2.14. The fraction of sp³-hybridized carbons (Fsp3) is 0.692. The van der Waals surface area contributed by atoms with Crippen LogP contribution in [0.25, 0.3) is 0 Å². The summed E-state index contributed by atoms with van der Waals surface area (Å²) >= 11 is 0. The zero-order valence-electron chi connectivity index (χ0n) is 12.0. The van der Waals surface area contributed by atoms with Crippen LogP contribution in [-0.4, -0.2) is 36.8 Å². The van der Waals surface area contributed by atoms with E-state index in [0.29, 0.717) is 19.8 Å². The Labute approximate surface area is 121 Å². The van der Waals surface area contributed by atoms with Crippen LogP contribution in [0, 0.1) is 5.41 Å². The minimum absolute atomic E-state index is 0.00139. The molecular weight excluding hydrogens is 285 g/mol. The topological polar surface area (TPSA) is 59.1 Å². The van der Waals surface area contributed by atoms with E-state index in [1.54, 1.807) is 0 Å². The summed E-state index contributed by atoms with van der Waals surface area (Å²) in [5, 5.41) is 5.54. The lowest BCUT2D eigenvalue weighted by Crippen LogP contribution is -2.33. The van der Waals surface area contributed by atoms with E-state index in [0.717, 1.165) is 18.9 Å². The summed E-state index contributed by atoms with van der Waals surface area (Å²) in [6.45, 7) is 4.00. The summed E-state index contributed by atoms with van der Waals surface area (Å²) in [5.74, 6) is 0.124. The molecule has 1 aromatic rings. The van der Waals surface area contributed by atoms with Crippen molar-refractivity contribution in [2.75, 3.05) is 37.4 Å². The molecule has 0 saturated carbocycles. The van der Waals surface area contributed by atoms with Crippen molar-refractivity contribution in [2.45, 2.75) is 25.9 Å². The molecule has 1 aliphatic heterocycles. The molecule has 21 heavy (non-hydrogen) atoms. The van der Waals surface area contributed by atoms with Gasteiger partial charge in [0.2, 0.25) is 5.95 Å². The van der Waals surface area contributed by atoms with E-state index >= 15 is 0 Å². The number of aromatic nitrogens is 2. The Morgan fingerprint density at radius 2 is 1.95 bits per heavy atom. The van der Waals surface area contributed by atoms with Gasteiger partial charge in [0.1, 0.15) is 5.82 Å². The maximum Gasteiger partial charge on any atom is 0.433 e. The van der Waals surface area contributed by atoms with Gasteiger partial charge >= 0.3 is 6.18 Å². The van der Waals surface area contributed by atoms with Crippen LogP contribution < -0.4 is 10.6 Å². The number of ether oxygens (including phenoxy) is 1. The van der Waals surface area contributed by atoms with E-state index in [1.165, 1.54) is 7.05 Å². The molecule has 5 nitrogen and oxygen atoms in total. The maximum absolute atomic E-state index is 12.8. The van der Waals surface area contributed by atoms with Gasteiger partial charge in [0.15, 0.2) is 5.69 Å². The monoisotopic (exact) mass is 304 g/mol. The second kappa shape index (κ2) is 6.05. The van der Waals surface area contributed by atoms with E-state index < -0.39 is 11.9 Å². The van der Waals surface area contributed by atoms with Gasteiger partial charge < -0.3 is 15.4 Å². The second-order valence-corrected chi connectivity index (χ2v) is 5.49. The molecule has 118 valence electrons. The third kappa shape index (κ3) is 4.20. The molecule has 1 saturated heterocycles. The lowest BCUT2D eigenvalue weighted by atomic mass is 9.82. The molecule has 0 atom stereocenters. The summed E-state index contributed by atoms with van der Waals surface area (Å²) in [6, 6.07) is 0.934. The minimum Gasteiger partial charge on any atom is -0.381 e. The minimum atomic E-state index is -4.49. The van der Waals surface area contributed by atoms with Crippen LogP contribution >= 0.6 is 0 Å². The fourth-order valence-electron chi connectivity index (χ4n) is 2.14. The van der Waals surface area contributed by atoms with Crippen molar-refractivity contribution in [1.82, 2.24) is 9.97 Å². The van der Waals surface area contributed by atoms with Crippen molar-refractivity contribution >= 4 is 11.8 Å². The van der Waals surface area contributed by atoms with Crippen LogP contribution in [0.15, 0.2) is 6.07 Å². The highest BCUT2D eigenvalue weighted by atomic mass is 19.4. The summed E-state index contributed by atoms with van der Waals surface area (Å²) < 4.78 is 43.7. The Morgan fingerprint density at radius 3 is 2.52 bits per heavy atom. The zero-order chi connectivity index (χ0) is 15.5. The Kier molecular flexibility index (Phi) is 4.55. The number of halogens is 3. The van der Waals surface area contributed by atoms with Gasteiger partial charge in [0, 0.05) is 32.9 Å². The highest BCUT2D eigenvalue weighted by Crippen LogP contribution is 2.32. The Morgan fingerprint density at radius 1 is 1.29 bits per heavy atom. The summed E-state index contributed by atoms with van der Waals surface area (Å²) in [7, 11) is 1.49. The van der Waals surface area contributed by atoms with Crippen LogP contribution in [0.1, 0.15) is 25.5 Å². The van der Waals surface area contributed by atoms with Crippen LogP contribution in [0.3, 0.4) is 0 Å². The highest BCUT2D eigenvalue weighted by Gasteiger charge is 2.34. The summed E-state index contributed by atoms with van der Waals surface area (Å²) in [6.07, 6.45) is -2.75. The average Bonchev–Trinajstić information content (AvgIpc) is 2.45. The Hall–Kier alpha value is -1.57. The smallest absolute Gasteiger partial charge is 0.381 e. The van der Waals surface area contributed by atoms with Gasteiger partial charge in [-0.1, -0.05) is 6.92 Å². The lowest BCUT2D eigenvalue weighted by Gasteiger charge is -2.33. The number of hydrogen-bond acceptors (Lipinski definition) is 5. The van der Waals surface area contributed by atoms with Gasteiger partial charge in [0.05, 0.1) is 0 Å². The number of nitrogens with zero attached hydrogens (tertiary/aromatic N) is 2. The van der Waals surface area contributed by atoms with Crippen LogP contribution in [0.4, 0.5) is 24.9 Å². The molecule has 2 rings (SSSR count). The standard InChI is InChI=1S/C13H19F3N4O/c1-12(3-5-21-6-4-12)8-18-10-7-9(13(14,15)16)19-11(17-2)20-10/h7H,3-6,8H2,1-2H3,(H2,17,18,19,20). The van der Waals surface area contributed by atoms with E-state index in [4.69, 9.17) is 4.74 Å². The lowest BCUT2D eigenvalue weighted by molar-refractivity contribution is -0.141. The third-order valence-corrected chi connectivity index (χ3v) is 3.64. The normalized spacial score (nSPS) is 18.3. The van der Waals surface area contributed by atoms with Gasteiger partial charge in [-0.05, 0) is 18.3 Å². The molecule has 2 heterocycles. The van der Waals surface area contributed by atoms with E-state index in [2.05, 4.69) is 27.5 Å². The van der Waals surface area contributed by atoms with Gasteiger partial charge in [0.25, 0.3) is 0 Å². The molecule has 0 amide bonds. The van der Waals surface area contributed by atoms with Gasteiger partial charge in [-0.15, -0.1) is 0 Å². The number of hydrogen-bond donors (Lipinski definition) is 2. The third-order valence-electron chi connectivity index (χ3n) is 3.64.